The quantitative estimate of drug-likeness (QED) is 0.275. The third-order valence-electron chi connectivity index (χ3n) is 6.20. The second-order valence-electron chi connectivity index (χ2n) is 8.70. The van der Waals surface area contributed by atoms with Gasteiger partial charge in [-0.3, -0.25) is 4.98 Å². The number of pyridine rings is 2. The molecule has 0 spiro atoms. The van der Waals surface area contributed by atoms with Crippen molar-refractivity contribution in [3.8, 4) is 33.8 Å². The third kappa shape index (κ3) is 3.56. The Bertz CT molecular complexity index is 1670. The average Bonchev–Trinajstić information content (AvgIpc) is 3.26. The second kappa shape index (κ2) is 8.27. The van der Waals surface area contributed by atoms with E-state index in [1.54, 1.807) is 6.20 Å². The number of benzene rings is 3. The van der Waals surface area contributed by atoms with E-state index in [0.29, 0.717) is 0 Å². The Hall–Kier alpha value is -4.24. The number of fused-ring (bicyclic) bond motifs is 3. The first kappa shape index (κ1) is 19.2. The van der Waals surface area contributed by atoms with Crippen LogP contribution in [0.1, 0.15) is 26.7 Å². The SMILES string of the molecule is [2H]C(C)(C)c1ccnc(-c2ccc3c(c2)oc2cc(-c4ccccc4)nc(-c4ccccc4)c23)c1. The van der Waals surface area contributed by atoms with Crippen LogP contribution in [-0.2, 0) is 0 Å². The molecule has 0 fully saturated rings. The predicted octanol–water partition coefficient (Wildman–Crippen LogP) is 8.50. The highest BCUT2D eigenvalue weighted by atomic mass is 16.3. The van der Waals surface area contributed by atoms with Crippen molar-refractivity contribution in [1.82, 2.24) is 9.97 Å². The Morgan fingerprint density at radius 2 is 1.44 bits per heavy atom. The second-order valence-corrected chi connectivity index (χ2v) is 8.70. The average molecular weight is 442 g/mol. The van der Waals surface area contributed by atoms with Crippen molar-refractivity contribution in [2.24, 2.45) is 0 Å². The summed E-state index contributed by atoms with van der Waals surface area (Å²) in [5.41, 5.74) is 8.19. The van der Waals surface area contributed by atoms with Gasteiger partial charge in [-0.25, -0.2) is 4.98 Å². The van der Waals surface area contributed by atoms with Crippen LogP contribution in [-0.4, -0.2) is 9.97 Å². The third-order valence-corrected chi connectivity index (χ3v) is 6.20. The van der Waals surface area contributed by atoms with Crippen molar-refractivity contribution in [2.45, 2.75) is 19.7 Å². The zero-order valence-electron chi connectivity index (χ0n) is 20.1. The number of furan rings is 1. The first-order valence-corrected chi connectivity index (χ1v) is 11.4. The molecule has 0 bridgehead atoms. The predicted molar refractivity (Wildman–Crippen MR) is 140 cm³/mol. The standard InChI is InChI=1S/C31H24N2O/c1-20(2)23-15-16-32-26(17-23)24-13-14-25-28(18-24)34-29-19-27(21-9-5-3-6-10-21)33-31(30(25)29)22-11-7-4-8-12-22/h3-20H,1-2H3/i20D. The van der Waals surface area contributed by atoms with Gasteiger partial charge in [-0.2, -0.15) is 0 Å². The minimum absolute atomic E-state index is 0.689. The van der Waals surface area contributed by atoms with E-state index in [4.69, 9.17) is 10.8 Å². The van der Waals surface area contributed by atoms with Gasteiger partial charge in [0.1, 0.15) is 11.2 Å². The van der Waals surface area contributed by atoms with Gasteiger partial charge >= 0.3 is 0 Å². The number of nitrogens with zero attached hydrogens (tertiary/aromatic N) is 2. The number of hydrogen-bond acceptors (Lipinski definition) is 3. The first-order valence-electron chi connectivity index (χ1n) is 11.9. The van der Waals surface area contributed by atoms with Crippen LogP contribution in [0.2, 0.25) is 0 Å². The molecule has 0 aliphatic carbocycles. The highest BCUT2D eigenvalue weighted by Crippen LogP contribution is 2.39. The van der Waals surface area contributed by atoms with Crippen molar-refractivity contribution >= 4 is 21.9 Å². The van der Waals surface area contributed by atoms with Gasteiger partial charge in [0.15, 0.2) is 0 Å². The van der Waals surface area contributed by atoms with Gasteiger partial charge < -0.3 is 4.42 Å². The van der Waals surface area contributed by atoms with E-state index in [1.165, 1.54) is 0 Å². The van der Waals surface area contributed by atoms with E-state index >= 15 is 0 Å². The van der Waals surface area contributed by atoms with E-state index in [0.717, 1.165) is 61.3 Å². The largest absolute Gasteiger partial charge is 0.456 e. The summed E-state index contributed by atoms with van der Waals surface area (Å²) in [6.45, 7) is 3.77. The van der Waals surface area contributed by atoms with Gasteiger partial charge in [0.25, 0.3) is 0 Å². The maximum Gasteiger partial charge on any atom is 0.139 e. The van der Waals surface area contributed by atoms with Crippen molar-refractivity contribution in [3.63, 3.8) is 0 Å². The Kier molecular flexibility index (Phi) is 4.68. The zero-order chi connectivity index (χ0) is 24.0. The topological polar surface area (TPSA) is 38.9 Å². The fourth-order valence-electron chi connectivity index (χ4n) is 4.41. The summed E-state index contributed by atoms with van der Waals surface area (Å²) in [5, 5.41) is 2.03. The van der Waals surface area contributed by atoms with Crippen molar-refractivity contribution in [3.05, 3.63) is 109 Å². The maximum absolute atomic E-state index is 8.38. The molecule has 6 rings (SSSR count). The lowest BCUT2D eigenvalue weighted by molar-refractivity contribution is 0.669. The molecular formula is C31H24N2O. The van der Waals surface area contributed by atoms with Crippen molar-refractivity contribution in [2.75, 3.05) is 0 Å². The first-order chi connectivity index (χ1) is 17.0. The molecule has 164 valence electrons. The maximum atomic E-state index is 8.38. The highest BCUT2D eigenvalue weighted by molar-refractivity contribution is 6.12. The molecule has 34 heavy (non-hydrogen) atoms. The minimum Gasteiger partial charge on any atom is -0.456 e. The molecule has 0 amide bonds. The van der Waals surface area contributed by atoms with Crippen LogP contribution in [0.5, 0.6) is 0 Å². The van der Waals surface area contributed by atoms with Gasteiger partial charge in [-0.05, 0) is 35.7 Å². The molecule has 3 aromatic heterocycles. The van der Waals surface area contributed by atoms with Crippen LogP contribution in [0.25, 0.3) is 55.7 Å². The van der Waals surface area contributed by atoms with Gasteiger partial charge in [-0.1, -0.05) is 80.6 Å². The Morgan fingerprint density at radius 3 is 2.18 bits per heavy atom. The molecule has 0 saturated carbocycles. The molecule has 0 N–H and O–H groups in total. The Morgan fingerprint density at radius 1 is 0.706 bits per heavy atom. The van der Waals surface area contributed by atoms with E-state index < -0.39 is 5.89 Å². The molecule has 3 nitrogen and oxygen atoms in total. The van der Waals surface area contributed by atoms with Gasteiger partial charge in [0, 0.05) is 35.7 Å². The number of aromatic nitrogens is 2. The van der Waals surface area contributed by atoms with Crippen LogP contribution in [0.3, 0.4) is 0 Å². The smallest absolute Gasteiger partial charge is 0.139 e. The van der Waals surface area contributed by atoms with Crippen LogP contribution in [0.4, 0.5) is 0 Å². The van der Waals surface area contributed by atoms with E-state index in [1.807, 2.05) is 74.5 Å². The number of rotatable bonds is 4. The summed E-state index contributed by atoms with van der Waals surface area (Å²) >= 11 is 0. The molecule has 3 aromatic carbocycles. The lowest BCUT2D eigenvalue weighted by atomic mass is 10.00. The van der Waals surface area contributed by atoms with Crippen molar-refractivity contribution in [1.29, 1.82) is 0 Å². The molecule has 0 atom stereocenters. The molecular weight excluding hydrogens is 416 g/mol. The lowest BCUT2D eigenvalue weighted by Gasteiger charge is -2.08. The molecule has 0 unspecified atom stereocenters. The van der Waals surface area contributed by atoms with Crippen LogP contribution in [0, 0.1) is 0 Å². The van der Waals surface area contributed by atoms with Crippen LogP contribution < -0.4 is 0 Å². The lowest BCUT2D eigenvalue weighted by Crippen LogP contribution is -1.91. The minimum atomic E-state index is -0.689. The van der Waals surface area contributed by atoms with E-state index in [2.05, 4.69) is 41.4 Å². The zero-order valence-corrected chi connectivity index (χ0v) is 19.1. The summed E-state index contributed by atoms with van der Waals surface area (Å²) < 4.78 is 14.8. The summed E-state index contributed by atoms with van der Waals surface area (Å²) in [5.74, 6) is -0.689. The Labute approximate surface area is 200 Å². The molecule has 3 heteroatoms. The molecule has 0 saturated heterocycles. The number of hydrogen-bond donors (Lipinski definition) is 0. The molecule has 0 aliphatic rings. The summed E-state index contributed by atoms with van der Waals surface area (Å²) in [6, 6.07) is 32.5. The monoisotopic (exact) mass is 441 g/mol. The summed E-state index contributed by atoms with van der Waals surface area (Å²) in [4.78, 5) is 9.66. The van der Waals surface area contributed by atoms with Crippen molar-refractivity contribution < 1.29 is 5.79 Å². The van der Waals surface area contributed by atoms with E-state index in [9.17, 15) is 0 Å². The normalized spacial score (nSPS) is 12.2. The van der Waals surface area contributed by atoms with Gasteiger partial charge in [0.05, 0.1) is 22.5 Å². The fraction of sp³-hybridized carbons (Fsp3) is 0.0968. The molecule has 6 aromatic rings. The van der Waals surface area contributed by atoms with E-state index in [-0.39, 0.29) is 0 Å². The fourth-order valence-corrected chi connectivity index (χ4v) is 4.41. The van der Waals surface area contributed by atoms with Crippen LogP contribution >= 0.6 is 0 Å². The Balaban J connectivity index is 1.58. The summed E-state index contributed by atoms with van der Waals surface area (Å²) in [7, 11) is 0. The molecule has 0 radical (unpaired) electrons. The molecule has 3 heterocycles. The summed E-state index contributed by atoms with van der Waals surface area (Å²) in [6.07, 6.45) is 1.77. The highest BCUT2D eigenvalue weighted by Gasteiger charge is 2.17. The molecule has 0 aliphatic heterocycles. The van der Waals surface area contributed by atoms with Crippen LogP contribution in [0.15, 0.2) is 108 Å². The van der Waals surface area contributed by atoms with Gasteiger partial charge in [0.2, 0.25) is 0 Å². The van der Waals surface area contributed by atoms with Gasteiger partial charge in [-0.15, -0.1) is 0 Å².